The fourth-order valence-corrected chi connectivity index (χ4v) is 5.53. The Bertz CT molecular complexity index is 1600. The first-order valence-corrected chi connectivity index (χ1v) is 14.5. The van der Waals surface area contributed by atoms with Gasteiger partial charge in [0.2, 0.25) is 0 Å². The number of hydrogen-bond acceptors (Lipinski definition) is 10. The lowest BCUT2D eigenvalue weighted by molar-refractivity contribution is -0.112. The topological polar surface area (TPSA) is 126 Å². The van der Waals surface area contributed by atoms with E-state index in [1.807, 2.05) is 53.4 Å². The lowest BCUT2D eigenvalue weighted by atomic mass is 10.1. The fourth-order valence-electron chi connectivity index (χ4n) is 5.53. The molecule has 0 unspecified atom stereocenters. The van der Waals surface area contributed by atoms with Crippen LogP contribution in [0.25, 0.3) is 10.8 Å². The van der Waals surface area contributed by atoms with Gasteiger partial charge in [-0.2, -0.15) is 9.97 Å². The van der Waals surface area contributed by atoms with Gasteiger partial charge in [-0.15, -0.1) is 5.06 Å². The van der Waals surface area contributed by atoms with Crippen molar-refractivity contribution in [3.8, 4) is 6.01 Å². The smallest absolute Gasteiger partial charge is 0.357 e. The standard InChI is InChI=1S/C32H35N7O4/c1-37-16-8-13-24(37)21-42-32-35-28(30(40)34-26-15-7-12-22-9-5-6-14-25(22)26)27(33)29(36-32)38-17-19-39(20-18-38)43-31(41)23-10-3-2-4-11-23/h2-7,9-12,14-15,24H,8,13,16-21,33H2,1H3,(H,34,40)/t24-/m0/s1. The second kappa shape index (κ2) is 12.6. The molecule has 6 rings (SSSR count). The molecule has 222 valence electrons. The number of hydroxylamine groups is 2. The molecule has 0 aliphatic carbocycles. The van der Waals surface area contributed by atoms with Crippen LogP contribution >= 0.6 is 0 Å². The SMILES string of the molecule is CN1CCC[C@H]1COc1nc(C(=O)Nc2cccc3ccccc23)c(N)c(N2CCN(OC(=O)c3ccccc3)CC2)n1. The highest BCUT2D eigenvalue weighted by Gasteiger charge is 2.28. The van der Waals surface area contributed by atoms with Crippen LogP contribution in [0.4, 0.5) is 17.2 Å². The van der Waals surface area contributed by atoms with Gasteiger partial charge in [-0.1, -0.05) is 54.6 Å². The van der Waals surface area contributed by atoms with Crippen LogP contribution in [-0.2, 0) is 4.84 Å². The number of likely N-dealkylation sites (tertiary alicyclic amines) is 1. The number of nitrogens with two attached hydrogens (primary N) is 1. The van der Waals surface area contributed by atoms with E-state index < -0.39 is 11.9 Å². The summed E-state index contributed by atoms with van der Waals surface area (Å²) in [4.78, 5) is 45.1. The number of ether oxygens (including phenoxy) is 1. The van der Waals surface area contributed by atoms with Crippen molar-refractivity contribution in [1.29, 1.82) is 0 Å². The Hall–Kier alpha value is -4.74. The third kappa shape index (κ3) is 6.37. The van der Waals surface area contributed by atoms with Crippen molar-refractivity contribution in [2.75, 3.05) is 62.3 Å². The molecular weight excluding hydrogens is 546 g/mol. The summed E-state index contributed by atoms with van der Waals surface area (Å²) < 4.78 is 6.07. The molecule has 0 bridgehead atoms. The van der Waals surface area contributed by atoms with Gasteiger partial charge in [0.25, 0.3) is 5.91 Å². The van der Waals surface area contributed by atoms with Gasteiger partial charge in [-0.25, -0.2) is 4.79 Å². The van der Waals surface area contributed by atoms with E-state index in [0.29, 0.717) is 49.9 Å². The van der Waals surface area contributed by atoms with Crippen molar-refractivity contribution in [2.24, 2.45) is 0 Å². The average Bonchev–Trinajstić information content (AvgIpc) is 3.45. The largest absolute Gasteiger partial charge is 0.462 e. The number of fused-ring (bicyclic) bond motifs is 1. The van der Waals surface area contributed by atoms with Crippen molar-refractivity contribution >= 4 is 39.8 Å². The second-order valence-electron chi connectivity index (χ2n) is 10.8. The Morgan fingerprint density at radius 1 is 0.930 bits per heavy atom. The molecule has 4 aromatic rings. The van der Waals surface area contributed by atoms with Crippen molar-refractivity contribution in [1.82, 2.24) is 19.9 Å². The lowest BCUT2D eigenvalue weighted by Crippen LogP contribution is -2.47. The first-order valence-electron chi connectivity index (χ1n) is 14.5. The van der Waals surface area contributed by atoms with Gasteiger partial charge in [-0.05, 0) is 50.0 Å². The predicted molar refractivity (Wildman–Crippen MR) is 165 cm³/mol. The molecule has 2 aliphatic heterocycles. The second-order valence-corrected chi connectivity index (χ2v) is 10.8. The Balaban J connectivity index is 1.22. The minimum Gasteiger partial charge on any atom is -0.462 e. The van der Waals surface area contributed by atoms with E-state index in [1.165, 1.54) is 0 Å². The van der Waals surface area contributed by atoms with Gasteiger partial charge in [0.15, 0.2) is 11.5 Å². The number of carbonyl (C=O) groups excluding carboxylic acids is 2. The number of aromatic nitrogens is 2. The van der Waals surface area contributed by atoms with Crippen LogP contribution in [0.1, 0.15) is 33.7 Å². The Morgan fingerprint density at radius 3 is 2.44 bits per heavy atom. The quantitative estimate of drug-likeness (QED) is 0.317. The number of nitrogen functional groups attached to an aromatic ring is 1. The number of rotatable bonds is 8. The molecule has 2 fully saturated rings. The van der Waals surface area contributed by atoms with Crippen molar-refractivity contribution < 1.29 is 19.2 Å². The molecule has 2 saturated heterocycles. The summed E-state index contributed by atoms with van der Waals surface area (Å²) in [5, 5.41) is 6.54. The van der Waals surface area contributed by atoms with Crippen molar-refractivity contribution in [3.63, 3.8) is 0 Å². The maximum atomic E-state index is 13.7. The molecule has 1 amide bonds. The van der Waals surface area contributed by atoms with Crippen LogP contribution in [0.5, 0.6) is 6.01 Å². The van der Waals surface area contributed by atoms with Gasteiger partial charge in [0.1, 0.15) is 12.3 Å². The van der Waals surface area contributed by atoms with E-state index in [2.05, 4.69) is 27.2 Å². The molecule has 0 radical (unpaired) electrons. The molecule has 43 heavy (non-hydrogen) atoms. The van der Waals surface area contributed by atoms with Crippen molar-refractivity contribution in [2.45, 2.75) is 18.9 Å². The van der Waals surface area contributed by atoms with Crippen LogP contribution < -0.4 is 20.7 Å². The Labute approximate surface area is 250 Å². The number of carbonyl (C=O) groups is 2. The molecule has 3 aromatic carbocycles. The minimum atomic E-state index is -0.448. The number of likely N-dealkylation sites (N-methyl/N-ethyl adjacent to an activating group) is 1. The van der Waals surface area contributed by atoms with E-state index in [0.717, 1.165) is 30.2 Å². The molecule has 0 saturated carbocycles. The van der Waals surface area contributed by atoms with Crippen LogP contribution in [0, 0.1) is 0 Å². The number of piperazine rings is 1. The highest BCUT2D eigenvalue weighted by molar-refractivity contribution is 6.11. The van der Waals surface area contributed by atoms with Gasteiger partial charge >= 0.3 is 12.0 Å². The van der Waals surface area contributed by atoms with Crippen molar-refractivity contribution in [3.05, 3.63) is 84.1 Å². The molecular formula is C32H35N7O4. The molecule has 3 heterocycles. The van der Waals surface area contributed by atoms with Gasteiger partial charge in [-0.3, -0.25) is 4.79 Å². The van der Waals surface area contributed by atoms with Gasteiger partial charge in [0.05, 0.1) is 18.7 Å². The zero-order valence-electron chi connectivity index (χ0n) is 24.1. The third-order valence-corrected chi connectivity index (χ3v) is 7.99. The number of benzene rings is 3. The van der Waals surface area contributed by atoms with Crippen LogP contribution in [0.3, 0.4) is 0 Å². The Morgan fingerprint density at radius 2 is 1.67 bits per heavy atom. The normalized spacial score (nSPS) is 17.6. The number of nitrogens with one attached hydrogen (secondary N) is 1. The summed E-state index contributed by atoms with van der Waals surface area (Å²) in [5.41, 5.74) is 7.95. The van der Waals surface area contributed by atoms with E-state index >= 15 is 0 Å². The minimum absolute atomic E-state index is 0.0469. The number of nitrogens with zero attached hydrogens (tertiary/aromatic N) is 5. The number of anilines is 3. The summed E-state index contributed by atoms with van der Waals surface area (Å²) in [7, 11) is 2.07. The number of hydrogen-bond donors (Lipinski definition) is 2. The fraction of sp³-hybridized carbons (Fsp3) is 0.312. The maximum absolute atomic E-state index is 13.7. The summed E-state index contributed by atoms with van der Waals surface area (Å²) >= 11 is 0. The van der Waals surface area contributed by atoms with Gasteiger partial charge < -0.3 is 30.4 Å². The zero-order valence-corrected chi connectivity index (χ0v) is 24.1. The first-order chi connectivity index (χ1) is 21.0. The zero-order chi connectivity index (χ0) is 29.8. The van der Waals surface area contributed by atoms with E-state index in [9.17, 15) is 9.59 Å². The molecule has 3 N–H and O–H groups in total. The molecule has 11 nitrogen and oxygen atoms in total. The monoisotopic (exact) mass is 581 g/mol. The van der Waals surface area contributed by atoms with E-state index in [-0.39, 0.29) is 23.4 Å². The van der Waals surface area contributed by atoms with E-state index in [4.69, 9.17) is 15.3 Å². The summed E-state index contributed by atoms with van der Waals surface area (Å²) in [6, 6.07) is 22.8. The van der Waals surface area contributed by atoms with Crippen LogP contribution in [0.2, 0.25) is 0 Å². The highest BCUT2D eigenvalue weighted by Crippen LogP contribution is 2.30. The molecule has 1 atom stereocenters. The highest BCUT2D eigenvalue weighted by atomic mass is 16.7. The molecule has 0 spiro atoms. The predicted octanol–water partition coefficient (Wildman–Crippen LogP) is 3.83. The Kier molecular flexibility index (Phi) is 8.34. The summed E-state index contributed by atoms with van der Waals surface area (Å²) in [6.07, 6.45) is 2.13. The lowest BCUT2D eigenvalue weighted by Gasteiger charge is -2.34. The maximum Gasteiger partial charge on any atom is 0.357 e. The molecule has 11 heteroatoms. The van der Waals surface area contributed by atoms with E-state index in [1.54, 1.807) is 29.3 Å². The van der Waals surface area contributed by atoms with Gasteiger partial charge in [0, 0.05) is 30.2 Å². The summed E-state index contributed by atoms with van der Waals surface area (Å²) in [6.45, 7) is 3.23. The molecule has 2 aliphatic rings. The average molecular weight is 582 g/mol. The number of amides is 1. The third-order valence-electron chi connectivity index (χ3n) is 7.99. The summed E-state index contributed by atoms with van der Waals surface area (Å²) in [5.74, 6) is -0.437. The molecule has 1 aromatic heterocycles. The van der Waals surface area contributed by atoms with Crippen LogP contribution in [0.15, 0.2) is 72.8 Å². The van der Waals surface area contributed by atoms with Crippen LogP contribution in [-0.4, -0.2) is 84.2 Å². The first kappa shape index (κ1) is 28.4.